The zero-order valence-electron chi connectivity index (χ0n) is 27.0. The van der Waals surface area contributed by atoms with Gasteiger partial charge in [-0.15, -0.1) is 9.24 Å². The van der Waals surface area contributed by atoms with Gasteiger partial charge in [0.25, 0.3) is 0 Å². The fourth-order valence-electron chi connectivity index (χ4n) is 7.30. The van der Waals surface area contributed by atoms with Crippen LogP contribution >= 0.6 is 9.24 Å². The van der Waals surface area contributed by atoms with Crippen molar-refractivity contribution in [2.75, 3.05) is 32.1 Å². The van der Waals surface area contributed by atoms with Crippen molar-refractivity contribution < 1.29 is 18.7 Å². The SMILES string of the molecule is COC1CN(C)C(=O)C2CC(CN2c2ncnc3c2cnn3-c2ccc(P)cc2F)Oc2cccc(c2)C2=CCCc3nc(C)n(c32)C1. The van der Waals surface area contributed by atoms with Crippen LogP contribution in [0.2, 0.25) is 0 Å². The average molecular weight is 667 g/mol. The van der Waals surface area contributed by atoms with Crippen LogP contribution in [0, 0.1) is 12.7 Å². The number of nitrogens with zero attached hydrogens (tertiary/aromatic N) is 8. The quantitative estimate of drug-likeness (QED) is 0.268. The maximum atomic E-state index is 15.0. The molecule has 4 bridgehead atoms. The van der Waals surface area contributed by atoms with Crippen LogP contribution in [0.25, 0.3) is 22.3 Å². The molecular formula is C35H36FN8O3P. The number of allylic oxidation sites excluding steroid dienone is 1. The van der Waals surface area contributed by atoms with Crippen LogP contribution in [-0.4, -0.2) is 85.6 Å². The molecule has 0 N–H and O–H groups in total. The third-order valence-electron chi connectivity index (χ3n) is 9.60. The topological polar surface area (TPSA) is 103 Å². The van der Waals surface area contributed by atoms with Crippen molar-refractivity contribution in [2.24, 2.45) is 0 Å². The summed E-state index contributed by atoms with van der Waals surface area (Å²) < 4.78 is 31.4. The second-order valence-corrected chi connectivity index (χ2v) is 13.3. The molecule has 4 atom stereocenters. The van der Waals surface area contributed by atoms with Gasteiger partial charge < -0.3 is 23.8 Å². The maximum Gasteiger partial charge on any atom is 0.245 e. The first-order chi connectivity index (χ1) is 23.3. The number of hydrogen-bond acceptors (Lipinski definition) is 8. The lowest BCUT2D eigenvalue weighted by Crippen LogP contribution is -2.47. The molecule has 3 aliphatic rings. The third kappa shape index (κ3) is 5.23. The molecule has 1 amide bonds. The summed E-state index contributed by atoms with van der Waals surface area (Å²) in [5.41, 5.74) is 5.10. The molecule has 0 saturated carbocycles. The maximum absolute atomic E-state index is 15.0. The molecule has 1 saturated heterocycles. The number of carbonyl (C=O) groups is 1. The zero-order chi connectivity index (χ0) is 33.1. The van der Waals surface area contributed by atoms with Crippen molar-refractivity contribution in [3.05, 3.63) is 89.7 Å². The van der Waals surface area contributed by atoms with Crippen molar-refractivity contribution in [3.63, 3.8) is 0 Å². The molecule has 13 heteroatoms. The number of anilines is 1. The second-order valence-electron chi connectivity index (χ2n) is 12.7. The van der Waals surface area contributed by atoms with E-state index in [0.29, 0.717) is 42.9 Å². The fraction of sp³-hybridized carbons (Fsp3) is 0.343. The number of halogens is 1. The first-order valence-electron chi connectivity index (χ1n) is 16.1. The number of fused-ring (bicyclic) bond motifs is 6. The number of hydrogen-bond donors (Lipinski definition) is 0. The number of rotatable bonds is 3. The van der Waals surface area contributed by atoms with Crippen molar-refractivity contribution in [1.29, 1.82) is 0 Å². The lowest BCUT2D eigenvalue weighted by molar-refractivity contribution is -0.133. The molecule has 246 valence electrons. The van der Waals surface area contributed by atoms with E-state index in [9.17, 15) is 4.79 Å². The van der Waals surface area contributed by atoms with Crippen LogP contribution in [-0.2, 0) is 22.5 Å². The normalized spacial score (nSPS) is 21.1. The van der Waals surface area contributed by atoms with E-state index in [-0.39, 0.29) is 23.8 Å². The van der Waals surface area contributed by atoms with Gasteiger partial charge in [-0.25, -0.2) is 24.0 Å². The number of aryl methyl sites for hydroxylation is 2. The Morgan fingerprint density at radius 1 is 1.10 bits per heavy atom. The smallest absolute Gasteiger partial charge is 0.245 e. The van der Waals surface area contributed by atoms with E-state index in [1.807, 2.05) is 31.0 Å². The summed E-state index contributed by atoms with van der Waals surface area (Å²) in [6.07, 6.45) is 7.01. The van der Waals surface area contributed by atoms with Gasteiger partial charge in [-0.2, -0.15) is 5.10 Å². The summed E-state index contributed by atoms with van der Waals surface area (Å²) in [5, 5.41) is 5.84. The molecule has 3 aromatic heterocycles. The van der Waals surface area contributed by atoms with Crippen LogP contribution in [0.4, 0.5) is 10.2 Å². The van der Waals surface area contributed by atoms with E-state index in [1.54, 1.807) is 30.3 Å². The van der Waals surface area contributed by atoms with Crippen molar-refractivity contribution in [1.82, 2.24) is 34.2 Å². The number of amides is 1. The van der Waals surface area contributed by atoms with Crippen LogP contribution < -0.4 is 14.9 Å². The highest BCUT2D eigenvalue weighted by Gasteiger charge is 2.42. The fourth-order valence-corrected chi connectivity index (χ4v) is 7.54. The van der Waals surface area contributed by atoms with Crippen molar-refractivity contribution in [2.45, 2.75) is 51.0 Å². The average Bonchev–Trinajstić information content (AvgIpc) is 3.79. The summed E-state index contributed by atoms with van der Waals surface area (Å²) in [6, 6.07) is 12.5. The molecule has 5 aromatic rings. The standard InChI is InChI=1S/C35H36FN8O3P/c1-20-40-29-9-5-8-26-21-6-4-7-22(12-21)47-23-13-31(35(45)41(2)16-24(46-3)18-42(20)32(26)29)43(17-23)33-27-15-39-44(34(27)38-19-37-33)30-11-10-25(48)14-28(30)36/h4,6-8,10-12,14-15,19,23-24,31H,5,9,13,16-18,48H2,1-3H3. The number of likely N-dealkylation sites (N-methyl/N-ethyl adjacent to an activating group) is 1. The Morgan fingerprint density at radius 3 is 2.81 bits per heavy atom. The lowest BCUT2D eigenvalue weighted by Gasteiger charge is -2.31. The Balaban J connectivity index is 1.20. The highest BCUT2D eigenvalue weighted by Crippen LogP contribution is 2.37. The van der Waals surface area contributed by atoms with E-state index in [2.05, 4.69) is 47.1 Å². The first-order valence-corrected chi connectivity index (χ1v) is 16.7. The largest absolute Gasteiger partial charge is 0.488 e. The molecule has 0 radical (unpaired) electrons. The summed E-state index contributed by atoms with van der Waals surface area (Å²) in [7, 11) is 6.00. The molecule has 5 heterocycles. The Hall–Kier alpha value is -4.67. The number of methoxy groups -OCH3 is 1. The predicted molar refractivity (Wildman–Crippen MR) is 183 cm³/mol. The monoisotopic (exact) mass is 666 g/mol. The van der Waals surface area contributed by atoms with Gasteiger partial charge in [-0.05, 0) is 54.9 Å². The van der Waals surface area contributed by atoms with Crippen LogP contribution in [0.1, 0.15) is 35.6 Å². The number of imidazole rings is 1. The molecular weight excluding hydrogens is 630 g/mol. The van der Waals surface area contributed by atoms with Gasteiger partial charge in [-0.1, -0.05) is 24.3 Å². The summed E-state index contributed by atoms with van der Waals surface area (Å²) in [6.45, 7) is 3.37. The minimum absolute atomic E-state index is 0.0713. The van der Waals surface area contributed by atoms with Gasteiger partial charge in [0.2, 0.25) is 5.91 Å². The first kappa shape index (κ1) is 30.7. The van der Waals surface area contributed by atoms with Gasteiger partial charge in [0.05, 0.1) is 42.2 Å². The Kier molecular flexibility index (Phi) is 7.72. The molecule has 1 aliphatic carbocycles. The predicted octanol–water partition coefficient (Wildman–Crippen LogP) is 3.85. The minimum Gasteiger partial charge on any atom is -0.488 e. The molecule has 8 rings (SSSR count). The minimum atomic E-state index is -0.574. The Bertz CT molecular complexity index is 2090. The summed E-state index contributed by atoms with van der Waals surface area (Å²) in [4.78, 5) is 32.1. The van der Waals surface area contributed by atoms with E-state index in [0.717, 1.165) is 52.2 Å². The van der Waals surface area contributed by atoms with Gasteiger partial charge in [-0.3, -0.25) is 4.79 Å². The zero-order valence-corrected chi connectivity index (χ0v) is 28.2. The summed E-state index contributed by atoms with van der Waals surface area (Å²) >= 11 is 0. The summed E-state index contributed by atoms with van der Waals surface area (Å²) in [5.74, 6) is 1.71. The van der Waals surface area contributed by atoms with E-state index >= 15 is 4.39 Å². The number of carbonyl (C=O) groups excluding carboxylic acids is 1. The van der Waals surface area contributed by atoms with Crippen LogP contribution in [0.3, 0.4) is 0 Å². The molecule has 2 aromatic carbocycles. The molecule has 48 heavy (non-hydrogen) atoms. The van der Waals surface area contributed by atoms with Crippen molar-refractivity contribution in [3.8, 4) is 11.4 Å². The van der Waals surface area contributed by atoms with Gasteiger partial charge in [0, 0.05) is 32.7 Å². The molecule has 2 aliphatic heterocycles. The van der Waals surface area contributed by atoms with E-state index < -0.39 is 11.9 Å². The van der Waals surface area contributed by atoms with E-state index in [4.69, 9.17) is 14.5 Å². The van der Waals surface area contributed by atoms with Crippen LogP contribution in [0.15, 0.2) is 61.1 Å². The number of aromatic nitrogens is 6. The highest BCUT2D eigenvalue weighted by molar-refractivity contribution is 7.27. The molecule has 1 fully saturated rings. The third-order valence-corrected chi connectivity index (χ3v) is 9.96. The number of ether oxygens (including phenoxy) is 2. The molecule has 4 unspecified atom stereocenters. The second kappa shape index (κ2) is 12.1. The van der Waals surface area contributed by atoms with Crippen molar-refractivity contribution >= 4 is 42.9 Å². The lowest BCUT2D eigenvalue weighted by atomic mass is 9.93. The van der Waals surface area contributed by atoms with Gasteiger partial charge in [0.1, 0.15) is 47.4 Å². The number of benzene rings is 2. The van der Waals surface area contributed by atoms with Gasteiger partial charge >= 0.3 is 0 Å². The Labute approximate surface area is 279 Å². The Morgan fingerprint density at radius 2 is 1.98 bits per heavy atom. The molecule has 0 spiro atoms. The highest BCUT2D eigenvalue weighted by atomic mass is 31.0. The van der Waals surface area contributed by atoms with E-state index in [1.165, 1.54) is 17.1 Å². The van der Waals surface area contributed by atoms with Crippen LogP contribution in [0.5, 0.6) is 5.75 Å². The van der Waals surface area contributed by atoms with Gasteiger partial charge in [0.15, 0.2) is 5.65 Å². The molecule has 11 nitrogen and oxygen atoms in total.